The second kappa shape index (κ2) is 4.21. The van der Waals surface area contributed by atoms with Crippen LogP contribution in [0.25, 0.3) is 0 Å². The van der Waals surface area contributed by atoms with Crippen molar-refractivity contribution >= 4 is 0 Å². The van der Waals surface area contributed by atoms with E-state index in [0.717, 1.165) is 32.5 Å². The summed E-state index contributed by atoms with van der Waals surface area (Å²) in [5, 5.41) is 12.4. The Labute approximate surface area is 74.1 Å². The predicted molar refractivity (Wildman–Crippen MR) is 47.9 cm³/mol. The van der Waals surface area contributed by atoms with Gasteiger partial charge in [0.15, 0.2) is 0 Å². The van der Waals surface area contributed by atoms with Crippen molar-refractivity contribution in [2.45, 2.75) is 44.9 Å². The van der Waals surface area contributed by atoms with Crippen LogP contribution in [0, 0.1) is 0 Å². The third-order valence-electron chi connectivity index (χ3n) is 2.37. The molecule has 1 fully saturated rings. The van der Waals surface area contributed by atoms with E-state index in [2.05, 4.69) is 12.2 Å². The zero-order valence-corrected chi connectivity index (χ0v) is 7.97. The molecule has 0 saturated carbocycles. The van der Waals surface area contributed by atoms with Gasteiger partial charge in [-0.3, -0.25) is 5.32 Å². The summed E-state index contributed by atoms with van der Waals surface area (Å²) in [7, 11) is 0. The molecule has 1 aliphatic heterocycles. The number of rotatable bonds is 2. The lowest BCUT2D eigenvalue weighted by Gasteiger charge is -2.30. The van der Waals surface area contributed by atoms with Gasteiger partial charge in [-0.05, 0) is 33.1 Å². The average molecular weight is 173 g/mol. The molecule has 3 nitrogen and oxygen atoms in total. The Morgan fingerprint density at radius 3 is 2.83 bits per heavy atom. The summed E-state index contributed by atoms with van der Waals surface area (Å²) in [5.74, 6) is 0. The van der Waals surface area contributed by atoms with Crippen LogP contribution < -0.4 is 5.32 Å². The Hall–Kier alpha value is -0.120. The fourth-order valence-electron chi connectivity index (χ4n) is 1.74. The summed E-state index contributed by atoms with van der Waals surface area (Å²) >= 11 is 0. The van der Waals surface area contributed by atoms with E-state index in [0.29, 0.717) is 0 Å². The molecule has 0 radical (unpaired) electrons. The van der Waals surface area contributed by atoms with Gasteiger partial charge in [0, 0.05) is 18.8 Å². The minimum Gasteiger partial charge on any atom is -0.381 e. The molecule has 2 atom stereocenters. The first kappa shape index (κ1) is 9.96. The van der Waals surface area contributed by atoms with Crippen molar-refractivity contribution < 1.29 is 9.84 Å². The van der Waals surface area contributed by atoms with Crippen molar-refractivity contribution in [2.24, 2.45) is 0 Å². The molecule has 72 valence electrons. The summed E-state index contributed by atoms with van der Waals surface area (Å²) in [6.07, 6.45) is 2.72. The monoisotopic (exact) mass is 173 g/mol. The van der Waals surface area contributed by atoms with Gasteiger partial charge in [0.25, 0.3) is 0 Å². The summed E-state index contributed by atoms with van der Waals surface area (Å²) in [6.45, 7) is 5.57. The molecule has 0 aromatic carbocycles. The van der Waals surface area contributed by atoms with Crippen LogP contribution in [0.15, 0.2) is 0 Å². The first-order valence-corrected chi connectivity index (χ1v) is 4.66. The van der Waals surface area contributed by atoms with Crippen LogP contribution in [-0.4, -0.2) is 30.1 Å². The van der Waals surface area contributed by atoms with Gasteiger partial charge in [0.2, 0.25) is 0 Å². The minimum atomic E-state index is -0.423. The molecule has 0 aromatic heterocycles. The van der Waals surface area contributed by atoms with Crippen molar-refractivity contribution in [3.63, 3.8) is 0 Å². The number of ether oxygens (including phenoxy) is 1. The van der Waals surface area contributed by atoms with Gasteiger partial charge in [0.05, 0.1) is 0 Å². The quantitative estimate of drug-likeness (QED) is 0.609. The summed E-state index contributed by atoms with van der Waals surface area (Å²) in [6, 6.07) is 0. The van der Waals surface area contributed by atoms with Gasteiger partial charge in [-0.25, -0.2) is 0 Å². The molecule has 2 N–H and O–H groups in total. The zero-order chi connectivity index (χ0) is 9.03. The van der Waals surface area contributed by atoms with Crippen LogP contribution in [0.4, 0.5) is 0 Å². The molecule has 1 saturated heterocycles. The molecular formula is C9H19NO2. The normalized spacial score (nSPS) is 34.2. The third-order valence-corrected chi connectivity index (χ3v) is 2.37. The second-order valence-corrected chi connectivity index (χ2v) is 3.85. The summed E-state index contributed by atoms with van der Waals surface area (Å²) in [5.41, 5.74) is 0.0602. The smallest absolute Gasteiger partial charge is 0.102 e. The van der Waals surface area contributed by atoms with Crippen molar-refractivity contribution in [1.82, 2.24) is 5.32 Å². The topological polar surface area (TPSA) is 41.5 Å². The van der Waals surface area contributed by atoms with E-state index in [1.165, 1.54) is 0 Å². The number of nitrogens with one attached hydrogen (secondary N) is 1. The molecule has 1 aliphatic rings. The molecule has 12 heavy (non-hydrogen) atoms. The number of aliphatic hydroxyl groups is 1. The molecule has 2 unspecified atom stereocenters. The Morgan fingerprint density at radius 2 is 2.17 bits per heavy atom. The van der Waals surface area contributed by atoms with E-state index in [1.54, 1.807) is 6.92 Å². The fourth-order valence-corrected chi connectivity index (χ4v) is 1.74. The Kier molecular flexibility index (Phi) is 3.50. The van der Waals surface area contributed by atoms with E-state index in [9.17, 15) is 5.11 Å². The van der Waals surface area contributed by atoms with Crippen molar-refractivity contribution in [2.75, 3.05) is 13.2 Å². The van der Waals surface area contributed by atoms with Gasteiger partial charge >= 0.3 is 0 Å². The highest BCUT2D eigenvalue weighted by Crippen LogP contribution is 2.20. The first-order valence-electron chi connectivity index (χ1n) is 4.66. The third kappa shape index (κ3) is 3.09. The second-order valence-electron chi connectivity index (χ2n) is 3.85. The average Bonchev–Trinajstić information content (AvgIpc) is 2.12. The van der Waals surface area contributed by atoms with Crippen LogP contribution in [0.3, 0.4) is 0 Å². The van der Waals surface area contributed by atoms with Gasteiger partial charge in [0.1, 0.15) is 6.23 Å². The van der Waals surface area contributed by atoms with E-state index < -0.39 is 6.23 Å². The summed E-state index contributed by atoms with van der Waals surface area (Å²) < 4.78 is 5.35. The predicted octanol–water partition coefficient (Wildman–Crippen LogP) is 0.873. The van der Waals surface area contributed by atoms with E-state index in [4.69, 9.17) is 4.74 Å². The number of hydrogen-bond acceptors (Lipinski definition) is 3. The maximum atomic E-state index is 9.21. The molecule has 0 bridgehead atoms. The maximum Gasteiger partial charge on any atom is 0.102 e. The van der Waals surface area contributed by atoms with Crippen LogP contribution in [0.5, 0.6) is 0 Å². The molecular weight excluding hydrogens is 154 g/mol. The van der Waals surface area contributed by atoms with Crippen molar-refractivity contribution in [3.8, 4) is 0 Å². The number of aliphatic hydroxyl groups excluding tert-OH is 1. The lowest BCUT2D eigenvalue weighted by molar-refractivity contribution is 0.0962. The molecule has 0 aromatic rings. The minimum absolute atomic E-state index is 0.0602. The van der Waals surface area contributed by atoms with E-state index >= 15 is 0 Å². The molecule has 1 heterocycles. The van der Waals surface area contributed by atoms with Crippen molar-refractivity contribution in [3.05, 3.63) is 0 Å². The highest BCUT2D eigenvalue weighted by Gasteiger charge is 2.26. The van der Waals surface area contributed by atoms with Gasteiger partial charge < -0.3 is 9.84 Å². The van der Waals surface area contributed by atoms with E-state index in [1.807, 2.05) is 0 Å². The highest BCUT2D eigenvalue weighted by molar-refractivity contribution is 4.84. The maximum absolute atomic E-state index is 9.21. The lowest BCUT2D eigenvalue weighted by Crippen LogP contribution is -2.47. The highest BCUT2D eigenvalue weighted by atomic mass is 16.5. The molecule has 0 spiro atoms. The Balaban J connectivity index is 2.42. The van der Waals surface area contributed by atoms with Gasteiger partial charge in [-0.1, -0.05) is 0 Å². The largest absolute Gasteiger partial charge is 0.381 e. The Morgan fingerprint density at radius 1 is 1.42 bits per heavy atom. The molecule has 0 amide bonds. The lowest BCUT2D eigenvalue weighted by atomic mass is 9.93. The SMILES string of the molecule is CC(O)NC1(C)CCCOCC1. The molecule has 1 rings (SSSR count). The standard InChI is InChI=1S/C9H19NO2/c1-8(11)10-9(2)4-3-6-12-7-5-9/h8,10-11H,3-7H2,1-2H3. The molecule has 3 heteroatoms. The van der Waals surface area contributed by atoms with Crippen molar-refractivity contribution in [1.29, 1.82) is 0 Å². The van der Waals surface area contributed by atoms with Crippen LogP contribution in [0.2, 0.25) is 0 Å². The first-order chi connectivity index (χ1) is 5.62. The molecule has 0 aliphatic carbocycles. The fraction of sp³-hybridized carbons (Fsp3) is 1.00. The van der Waals surface area contributed by atoms with Crippen LogP contribution >= 0.6 is 0 Å². The van der Waals surface area contributed by atoms with E-state index in [-0.39, 0.29) is 5.54 Å². The Bertz CT molecular complexity index is 128. The van der Waals surface area contributed by atoms with Crippen LogP contribution in [0.1, 0.15) is 33.1 Å². The van der Waals surface area contributed by atoms with Gasteiger partial charge in [-0.15, -0.1) is 0 Å². The van der Waals surface area contributed by atoms with Gasteiger partial charge in [-0.2, -0.15) is 0 Å². The number of hydrogen-bond donors (Lipinski definition) is 2. The van der Waals surface area contributed by atoms with Crippen LogP contribution in [-0.2, 0) is 4.74 Å². The zero-order valence-electron chi connectivity index (χ0n) is 7.97. The summed E-state index contributed by atoms with van der Waals surface area (Å²) in [4.78, 5) is 0.